The van der Waals surface area contributed by atoms with Crippen LogP contribution in [0.15, 0.2) is 10.3 Å². The van der Waals surface area contributed by atoms with Crippen LogP contribution in [-0.2, 0) is 14.8 Å². The van der Waals surface area contributed by atoms with Crippen molar-refractivity contribution in [1.29, 1.82) is 0 Å². The fourth-order valence-electron chi connectivity index (χ4n) is 1.03. The first-order chi connectivity index (χ1) is 8.24. The molecule has 0 bridgehead atoms. The zero-order valence-electron chi connectivity index (χ0n) is 8.95. The Bertz CT molecular complexity index is 579. The van der Waals surface area contributed by atoms with Gasteiger partial charge in [0.1, 0.15) is 4.21 Å². The minimum absolute atomic E-state index is 0.165. The molecule has 1 aromatic heterocycles. The van der Waals surface area contributed by atoms with Crippen molar-refractivity contribution in [2.24, 2.45) is 5.73 Å². The molecule has 0 aliphatic heterocycles. The van der Waals surface area contributed by atoms with Crippen LogP contribution in [0.5, 0.6) is 0 Å². The Hall–Kier alpha value is -1.72. The predicted molar refractivity (Wildman–Crippen MR) is 64.4 cm³/mol. The standard InChI is InChI=1S/C7H10N4O5S2/c8-5(12)1-2-10-18(15,16)6-3-4(11(13)14)7(9)17-6/h3,10H,1-2,9H2,(H2,8,12). The molecule has 0 unspecified atom stereocenters. The second kappa shape index (κ2) is 5.29. The topological polar surface area (TPSA) is 158 Å². The maximum atomic E-state index is 11.7. The average Bonchev–Trinajstić information content (AvgIpc) is 2.60. The van der Waals surface area contributed by atoms with E-state index in [0.717, 1.165) is 6.07 Å². The number of nitrogens with two attached hydrogens (primary N) is 2. The molecule has 5 N–H and O–H groups in total. The second-order valence-electron chi connectivity index (χ2n) is 3.19. The van der Waals surface area contributed by atoms with Crippen LogP contribution < -0.4 is 16.2 Å². The third-order valence-electron chi connectivity index (χ3n) is 1.84. The lowest BCUT2D eigenvalue weighted by Gasteiger charge is -2.01. The highest BCUT2D eigenvalue weighted by atomic mass is 32.2. The lowest BCUT2D eigenvalue weighted by Crippen LogP contribution is -2.27. The number of thiophene rings is 1. The van der Waals surface area contributed by atoms with Crippen LogP contribution in [0.1, 0.15) is 6.42 Å². The highest BCUT2D eigenvalue weighted by Crippen LogP contribution is 2.34. The first kappa shape index (κ1) is 14.3. The Labute approximate surface area is 106 Å². The summed E-state index contributed by atoms with van der Waals surface area (Å²) >= 11 is 0.578. The van der Waals surface area contributed by atoms with Gasteiger partial charge in [-0.15, -0.1) is 0 Å². The molecule has 0 spiro atoms. The second-order valence-corrected chi connectivity index (χ2v) is 6.26. The summed E-state index contributed by atoms with van der Waals surface area (Å²) in [4.78, 5) is 20.2. The van der Waals surface area contributed by atoms with E-state index in [1.165, 1.54) is 0 Å². The molecular formula is C7H10N4O5S2. The van der Waals surface area contributed by atoms with Crippen molar-refractivity contribution in [3.8, 4) is 0 Å². The van der Waals surface area contributed by atoms with Gasteiger partial charge in [-0.1, -0.05) is 11.3 Å². The number of nitro groups is 1. The number of nitrogens with one attached hydrogen (secondary N) is 1. The number of sulfonamides is 1. The highest BCUT2D eigenvalue weighted by Gasteiger charge is 2.24. The summed E-state index contributed by atoms with van der Waals surface area (Å²) in [6.45, 7) is -0.177. The van der Waals surface area contributed by atoms with Crippen molar-refractivity contribution >= 4 is 38.0 Å². The molecule has 0 aromatic carbocycles. The Morgan fingerprint density at radius 1 is 1.56 bits per heavy atom. The van der Waals surface area contributed by atoms with Crippen molar-refractivity contribution < 1.29 is 18.1 Å². The van der Waals surface area contributed by atoms with Gasteiger partial charge in [0.25, 0.3) is 0 Å². The number of nitrogen functional groups attached to an aromatic ring is 1. The number of hydrogen-bond acceptors (Lipinski definition) is 7. The summed E-state index contributed by atoms with van der Waals surface area (Å²) in [7, 11) is -3.91. The first-order valence-electron chi connectivity index (χ1n) is 4.55. The van der Waals surface area contributed by atoms with E-state index in [4.69, 9.17) is 11.5 Å². The fourth-order valence-corrected chi connectivity index (χ4v) is 3.32. The van der Waals surface area contributed by atoms with Crippen LogP contribution in [0.2, 0.25) is 0 Å². The largest absolute Gasteiger partial charge is 0.385 e. The lowest BCUT2D eigenvalue weighted by molar-refractivity contribution is -0.383. The molecule has 0 fully saturated rings. The molecular weight excluding hydrogens is 284 g/mol. The van der Waals surface area contributed by atoms with Gasteiger partial charge in [-0.2, -0.15) is 0 Å². The third kappa shape index (κ3) is 3.38. The van der Waals surface area contributed by atoms with Crippen LogP contribution in [0, 0.1) is 10.1 Å². The molecule has 0 atom stereocenters. The van der Waals surface area contributed by atoms with E-state index in [2.05, 4.69) is 4.72 Å². The van der Waals surface area contributed by atoms with E-state index in [1.54, 1.807) is 0 Å². The van der Waals surface area contributed by atoms with Gasteiger partial charge in [0, 0.05) is 19.0 Å². The summed E-state index contributed by atoms with van der Waals surface area (Å²) in [5.41, 5.74) is 9.71. The van der Waals surface area contributed by atoms with E-state index in [9.17, 15) is 23.3 Å². The first-order valence-corrected chi connectivity index (χ1v) is 6.85. The van der Waals surface area contributed by atoms with Crippen molar-refractivity contribution in [3.05, 3.63) is 16.2 Å². The number of anilines is 1. The number of hydrogen-bond donors (Lipinski definition) is 3. The zero-order valence-corrected chi connectivity index (χ0v) is 10.6. The summed E-state index contributed by atoms with van der Waals surface area (Å²) < 4.78 is 25.2. The van der Waals surface area contributed by atoms with Gasteiger partial charge in [0.05, 0.1) is 4.92 Å². The van der Waals surface area contributed by atoms with Crippen LogP contribution in [-0.4, -0.2) is 25.8 Å². The minimum Gasteiger partial charge on any atom is -0.385 e. The van der Waals surface area contributed by atoms with Crippen LogP contribution in [0.3, 0.4) is 0 Å². The molecule has 9 nitrogen and oxygen atoms in total. The van der Waals surface area contributed by atoms with Gasteiger partial charge in [0.15, 0.2) is 5.00 Å². The van der Waals surface area contributed by atoms with Crippen LogP contribution >= 0.6 is 11.3 Å². The molecule has 18 heavy (non-hydrogen) atoms. The van der Waals surface area contributed by atoms with Crippen molar-refractivity contribution in [1.82, 2.24) is 4.72 Å². The summed E-state index contributed by atoms with van der Waals surface area (Å²) in [6.07, 6.45) is -0.165. The predicted octanol–water partition coefficient (Wildman–Crippen LogP) is -0.608. The average molecular weight is 294 g/mol. The van der Waals surface area contributed by atoms with E-state index in [0.29, 0.717) is 11.3 Å². The number of rotatable bonds is 6. The highest BCUT2D eigenvalue weighted by molar-refractivity contribution is 7.91. The Balaban J connectivity index is 2.89. The fraction of sp³-hybridized carbons (Fsp3) is 0.286. The number of carbonyl (C=O) groups excluding carboxylic acids is 1. The van der Waals surface area contributed by atoms with E-state index in [1.807, 2.05) is 0 Å². The summed E-state index contributed by atoms with van der Waals surface area (Å²) in [5, 5.41) is 10.3. The number of nitrogens with zero attached hydrogens (tertiary/aromatic N) is 1. The van der Waals surface area contributed by atoms with Gasteiger partial charge in [-0.25, -0.2) is 13.1 Å². The van der Waals surface area contributed by atoms with Crippen molar-refractivity contribution in [3.63, 3.8) is 0 Å². The van der Waals surface area contributed by atoms with Gasteiger partial charge < -0.3 is 11.5 Å². The molecule has 1 heterocycles. The van der Waals surface area contributed by atoms with Gasteiger partial charge in [-0.3, -0.25) is 14.9 Å². The van der Waals surface area contributed by atoms with Gasteiger partial charge in [0.2, 0.25) is 15.9 Å². The maximum absolute atomic E-state index is 11.7. The smallest absolute Gasteiger partial charge is 0.304 e. The number of primary amides is 1. The van der Waals surface area contributed by atoms with E-state index in [-0.39, 0.29) is 22.2 Å². The molecule has 1 rings (SSSR count). The van der Waals surface area contributed by atoms with Crippen molar-refractivity contribution in [2.45, 2.75) is 10.6 Å². The molecule has 11 heteroatoms. The molecule has 0 radical (unpaired) electrons. The van der Waals surface area contributed by atoms with Gasteiger partial charge in [-0.05, 0) is 0 Å². The zero-order chi connectivity index (χ0) is 13.9. The molecule has 0 aliphatic carbocycles. The monoisotopic (exact) mass is 294 g/mol. The normalized spacial score (nSPS) is 11.3. The Morgan fingerprint density at radius 3 is 2.61 bits per heavy atom. The maximum Gasteiger partial charge on any atom is 0.304 e. The molecule has 1 aromatic rings. The molecule has 0 saturated heterocycles. The summed E-state index contributed by atoms with van der Waals surface area (Å²) in [6, 6.07) is 0.868. The quantitative estimate of drug-likeness (QED) is 0.469. The SMILES string of the molecule is NC(=O)CCNS(=O)(=O)c1cc([N+](=O)[O-])c(N)s1. The van der Waals surface area contributed by atoms with Crippen molar-refractivity contribution in [2.75, 3.05) is 12.3 Å². The Morgan fingerprint density at radius 2 is 2.17 bits per heavy atom. The van der Waals surface area contributed by atoms with E-state index < -0.39 is 26.5 Å². The van der Waals surface area contributed by atoms with Crippen LogP contribution in [0.25, 0.3) is 0 Å². The molecule has 1 amide bonds. The number of amides is 1. The van der Waals surface area contributed by atoms with E-state index >= 15 is 0 Å². The van der Waals surface area contributed by atoms with Crippen LogP contribution in [0.4, 0.5) is 10.7 Å². The minimum atomic E-state index is -3.91. The lowest BCUT2D eigenvalue weighted by atomic mass is 10.4. The summed E-state index contributed by atoms with van der Waals surface area (Å²) in [5.74, 6) is -0.658. The molecule has 100 valence electrons. The molecule has 0 aliphatic rings. The Kier molecular flexibility index (Phi) is 4.21. The molecule has 0 saturated carbocycles. The third-order valence-corrected chi connectivity index (χ3v) is 4.73. The van der Waals surface area contributed by atoms with Gasteiger partial charge >= 0.3 is 5.69 Å². The number of carbonyl (C=O) groups is 1.